The van der Waals surface area contributed by atoms with Crippen molar-refractivity contribution in [1.82, 2.24) is 9.78 Å². The maximum absolute atomic E-state index is 12.5. The number of benzene rings is 1. The van der Waals surface area contributed by atoms with E-state index in [9.17, 15) is 9.59 Å². The van der Waals surface area contributed by atoms with Crippen LogP contribution < -0.4 is 11.3 Å². The third-order valence-electron chi connectivity index (χ3n) is 4.89. The average Bonchev–Trinajstić information content (AvgIpc) is 2.77. The van der Waals surface area contributed by atoms with Gasteiger partial charge in [0.15, 0.2) is 0 Å². The van der Waals surface area contributed by atoms with E-state index in [2.05, 4.69) is 30.5 Å². The number of carbonyl (C=O) groups is 1. The lowest BCUT2D eigenvalue weighted by atomic mass is 10.1. The van der Waals surface area contributed by atoms with Crippen LogP contribution in [0.15, 0.2) is 68.8 Å². The molecule has 1 atom stereocenters. The largest absolute Gasteiger partial charge is 0.492 e. The highest BCUT2D eigenvalue weighted by Gasteiger charge is 2.10. The number of ether oxygens (including phenoxy) is 1. The molecule has 0 aliphatic heterocycles. The fraction of sp³-hybridized carbons (Fsp3) is 0.333. The minimum Gasteiger partial charge on any atom is -0.492 e. The smallest absolute Gasteiger partial charge is 0.275 e. The molecule has 2 rings (SSSR count). The number of aliphatic imine (C=N–C) groups is 1. The highest BCUT2D eigenvalue weighted by Crippen LogP contribution is 2.19. The van der Waals surface area contributed by atoms with Gasteiger partial charge in [-0.25, -0.2) is 4.68 Å². The molecule has 0 saturated heterocycles. The van der Waals surface area contributed by atoms with Crippen molar-refractivity contribution in [3.05, 3.63) is 75.0 Å². The van der Waals surface area contributed by atoms with E-state index < -0.39 is 0 Å². The van der Waals surface area contributed by atoms with E-state index in [1.54, 1.807) is 31.3 Å². The first kappa shape index (κ1) is 25.1. The summed E-state index contributed by atoms with van der Waals surface area (Å²) in [5.74, 6) is 0.803. The fourth-order valence-electron chi connectivity index (χ4n) is 2.79. The monoisotopic (exact) mass is 456 g/mol. The van der Waals surface area contributed by atoms with E-state index in [-0.39, 0.29) is 23.7 Å². The van der Waals surface area contributed by atoms with Gasteiger partial charge in [-0.05, 0) is 25.0 Å². The minimum absolute atomic E-state index is 0.120. The summed E-state index contributed by atoms with van der Waals surface area (Å²) in [5.41, 5.74) is 7.45. The van der Waals surface area contributed by atoms with Gasteiger partial charge >= 0.3 is 0 Å². The van der Waals surface area contributed by atoms with Crippen LogP contribution >= 0.6 is 11.6 Å². The van der Waals surface area contributed by atoms with Gasteiger partial charge in [0.2, 0.25) is 0 Å². The second-order valence-electron chi connectivity index (χ2n) is 7.49. The van der Waals surface area contributed by atoms with Crippen LogP contribution in [0.3, 0.4) is 0 Å². The second-order valence-corrected chi connectivity index (χ2v) is 7.95. The van der Waals surface area contributed by atoms with Crippen LogP contribution in [0.1, 0.15) is 32.9 Å². The summed E-state index contributed by atoms with van der Waals surface area (Å²) < 4.78 is 6.95. The molecule has 7 nitrogen and oxygen atoms in total. The molecule has 1 aromatic carbocycles. The van der Waals surface area contributed by atoms with Gasteiger partial charge in [-0.2, -0.15) is 5.10 Å². The van der Waals surface area contributed by atoms with Crippen LogP contribution in [0, 0.1) is 5.92 Å². The number of hydrogen-bond acceptors (Lipinski definition) is 6. The van der Waals surface area contributed by atoms with Crippen molar-refractivity contribution >= 4 is 34.9 Å². The lowest BCUT2D eigenvalue weighted by molar-refractivity contribution is -0.108. The molecule has 0 radical (unpaired) electrons. The van der Waals surface area contributed by atoms with Crippen LogP contribution in [-0.2, 0) is 22.6 Å². The summed E-state index contributed by atoms with van der Waals surface area (Å²) in [6, 6.07) is 7.11. The molecule has 0 spiro atoms. The average molecular weight is 457 g/mol. The molecule has 8 heteroatoms. The lowest BCUT2D eigenvalue weighted by Gasteiger charge is -2.13. The number of allylic oxidation sites excluding steroid dienone is 4. The Balaban J connectivity index is 2.34. The molecule has 2 aromatic rings. The van der Waals surface area contributed by atoms with E-state index in [1.807, 2.05) is 12.1 Å². The van der Waals surface area contributed by atoms with Gasteiger partial charge in [-0.1, -0.05) is 56.6 Å². The van der Waals surface area contributed by atoms with Gasteiger partial charge in [0.05, 0.1) is 29.3 Å². The Labute approximate surface area is 192 Å². The predicted molar refractivity (Wildman–Crippen MR) is 130 cm³/mol. The number of hydrogen-bond donors (Lipinski definition) is 1. The van der Waals surface area contributed by atoms with E-state index >= 15 is 0 Å². The van der Waals surface area contributed by atoms with Gasteiger partial charge < -0.3 is 15.3 Å². The summed E-state index contributed by atoms with van der Waals surface area (Å²) in [7, 11) is 0. The topological polar surface area (TPSA) is 99.6 Å². The number of rotatable bonds is 11. The molecule has 0 saturated carbocycles. The molecule has 0 fully saturated rings. The number of halogens is 1. The fourth-order valence-corrected chi connectivity index (χ4v) is 2.90. The van der Waals surface area contributed by atoms with Crippen LogP contribution in [0.2, 0.25) is 0 Å². The first-order valence-corrected chi connectivity index (χ1v) is 10.7. The first-order chi connectivity index (χ1) is 15.3. The van der Waals surface area contributed by atoms with E-state index in [0.29, 0.717) is 52.3 Å². The quantitative estimate of drug-likeness (QED) is 0.237. The minimum atomic E-state index is -0.314. The summed E-state index contributed by atoms with van der Waals surface area (Å²) >= 11 is 6.11. The Morgan fingerprint density at radius 3 is 2.66 bits per heavy atom. The maximum atomic E-state index is 12.5. The van der Waals surface area contributed by atoms with Gasteiger partial charge in [0.25, 0.3) is 5.56 Å². The van der Waals surface area contributed by atoms with Crippen LogP contribution in [-0.4, -0.2) is 28.9 Å². The zero-order chi connectivity index (χ0) is 23.7. The van der Waals surface area contributed by atoms with Crippen molar-refractivity contribution in [2.45, 2.75) is 40.3 Å². The molecule has 32 heavy (non-hydrogen) atoms. The number of fused-ring (bicyclic) bond motifs is 1. The molecule has 170 valence electrons. The van der Waals surface area contributed by atoms with Gasteiger partial charge in [-0.3, -0.25) is 9.79 Å². The van der Waals surface area contributed by atoms with E-state index in [1.165, 1.54) is 0 Å². The Hall–Kier alpha value is -3.19. The second kappa shape index (κ2) is 12.0. The molecule has 0 amide bonds. The number of nitrogens with two attached hydrogens (primary N) is 1. The van der Waals surface area contributed by atoms with E-state index in [0.717, 1.165) is 11.1 Å². The molecular formula is C24H29ClN4O3. The van der Waals surface area contributed by atoms with Crippen LogP contribution in [0.25, 0.3) is 10.8 Å². The predicted octanol–water partition coefficient (Wildman–Crippen LogP) is 4.10. The van der Waals surface area contributed by atoms with Crippen LogP contribution in [0.4, 0.5) is 0 Å². The zero-order valence-corrected chi connectivity index (χ0v) is 19.4. The molecule has 0 aliphatic carbocycles. The van der Waals surface area contributed by atoms with Gasteiger partial charge in [0, 0.05) is 22.9 Å². The van der Waals surface area contributed by atoms with Crippen molar-refractivity contribution < 1.29 is 9.53 Å². The summed E-state index contributed by atoms with van der Waals surface area (Å²) in [6.45, 7) is 10.3. The van der Waals surface area contributed by atoms with Crippen molar-refractivity contribution in [1.29, 1.82) is 0 Å². The number of nitrogens with zero attached hydrogens (tertiary/aromatic N) is 3. The summed E-state index contributed by atoms with van der Waals surface area (Å²) in [6.07, 6.45) is 4.93. The maximum Gasteiger partial charge on any atom is 0.275 e. The third-order valence-corrected chi connectivity index (χ3v) is 5.08. The van der Waals surface area contributed by atoms with E-state index in [4.69, 9.17) is 22.1 Å². The van der Waals surface area contributed by atoms with Crippen LogP contribution in [0.5, 0.6) is 0 Å². The number of aldehydes is 1. The number of aromatic nitrogens is 2. The molecular weight excluding hydrogens is 428 g/mol. The Morgan fingerprint density at radius 2 is 2.06 bits per heavy atom. The summed E-state index contributed by atoms with van der Waals surface area (Å²) in [4.78, 5) is 27.9. The molecule has 1 unspecified atom stereocenters. The molecule has 2 N–H and O–H groups in total. The standard InChI is InChI=1S/C24H29ClN4O3/c1-5-16(2)15-32-23(17(3)25)12-19(18(4)26)13-27-14-22-20-8-6-7-9-21(20)24(31)29(28-22)10-11-30/h6-9,11-13,16H,3,5,10,14-15,26H2,1-2,4H3/b19-18?,23-12+,27-13?. The van der Waals surface area contributed by atoms with Crippen molar-refractivity contribution in [3.63, 3.8) is 0 Å². The molecule has 1 aromatic heterocycles. The highest BCUT2D eigenvalue weighted by molar-refractivity contribution is 6.31. The van der Waals surface area contributed by atoms with Gasteiger partial charge in [-0.15, -0.1) is 0 Å². The molecule has 0 bridgehead atoms. The zero-order valence-electron chi connectivity index (χ0n) is 18.7. The highest BCUT2D eigenvalue weighted by atomic mass is 35.5. The Kier molecular flexibility index (Phi) is 9.40. The SMILES string of the molecule is C=C(Cl)/C(=C\C(C=NCc1nn(CC=O)c(=O)c2ccccc12)=C(C)N)OCC(C)CC. The third kappa shape index (κ3) is 6.65. The lowest BCUT2D eigenvalue weighted by Crippen LogP contribution is -2.25. The van der Waals surface area contributed by atoms with Crippen molar-refractivity contribution in [2.75, 3.05) is 6.61 Å². The van der Waals surface area contributed by atoms with Crippen molar-refractivity contribution in [2.24, 2.45) is 16.6 Å². The van der Waals surface area contributed by atoms with Gasteiger partial charge in [0.1, 0.15) is 18.6 Å². The molecule has 1 heterocycles. The summed E-state index contributed by atoms with van der Waals surface area (Å²) in [5, 5.41) is 5.76. The number of carbonyl (C=O) groups excluding carboxylic acids is 1. The molecule has 0 aliphatic rings. The Bertz CT molecular complexity index is 1130. The Morgan fingerprint density at radius 1 is 1.38 bits per heavy atom. The first-order valence-electron chi connectivity index (χ1n) is 10.4. The van der Waals surface area contributed by atoms with Crippen molar-refractivity contribution in [3.8, 4) is 0 Å². The normalized spacial score (nSPS) is 13.8.